The van der Waals surface area contributed by atoms with Crippen LogP contribution in [-0.2, 0) is 14.3 Å². The third kappa shape index (κ3) is 4.34. The number of hydrogen-bond acceptors (Lipinski definition) is 7. The summed E-state index contributed by atoms with van der Waals surface area (Å²) in [4.78, 5) is 50.9. The summed E-state index contributed by atoms with van der Waals surface area (Å²) in [7, 11) is 0. The third-order valence-corrected chi connectivity index (χ3v) is 5.08. The molecule has 1 aromatic carbocycles. The molecule has 1 N–H and O–H groups in total. The van der Waals surface area contributed by atoms with Crippen LogP contribution in [0.4, 0.5) is 0 Å². The summed E-state index contributed by atoms with van der Waals surface area (Å²) in [5, 5.41) is 2.65. The highest BCUT2D eigenvalue weighted by Crippen LogP contribution is 2.26. The number of carbonyl (C=O) groups excluding carboxylic acids is 4. The molecule has 2 heterocycles. The molecule has 2 atom stereocenters. The van der Waals surface area contributed by atoms with Crippen LogP contribution in [0.1, 0.15) is 39.4 Å². The molecule has 0 fully saturated rings. The van der Waals surface area contributed by atoms with Gasteiger partial charge >= 0.3 is 5.97 Å². The lowest BCUT2D eigenvalue weighted by molar-refractivity contribution is -0.151. The molecule has 1 aliphatic rings. The summed E-state index contributed by atoms with van der Waals surface area (Å²) in [6, 6.07) is 8.30. The van der Waals surface area contributed by atoms with Gasteiger partial charge in [0.05, 0.1) is 23.4 Å². The van der Waals surface area contributed by atoms with Crippen LogP contribution in [0, 0.1) is 0 Å². The van der Waals surface area contributed by atoms with Crippen LogP contribution >= 0.6 is 11.8 Å². The minimum absolute atomic E-state index is 0.161. The average Bonchev–Trinajstić information content (AvgIpc) is 3.33. The van der Waals surface area contributed by atoms with Crippen molar-refractivity contribution >= 4 is 35.5 Å². The Morgan fingerprint density at radius 1 is 1.14 bits per heavy atom. The maximum atomic E-state index is 12.6. The lowest BCUT2D eigenvalue weighted by Gasteiger charge is -2.24. The molecule has 29 heavy (non-hydrogen) atoms. The summed E-state index contributed by atoms with van der Waals surface area (Å²) in [6.45, 7) is 1.20. The van der Waals surface area contributed by atoms with Gasteiger partial charge in [0, 0.05) is 5.75 Å². The van der Waals surface area contributed by atoms with Crippen molar-refractivity contribution < 1.29 is 28.3 Å². The third-order valence-electron chi connectivity index (χ3n) is 4.43. The Labute approximate surface area is 171 Å². The fourth-order valence-electron chi connectivity index (χ4n) is 3.02. The summed E-state index contributed by atoms with van der Waals surface area (Å²) in [5.41, 5.74) is 0.503. The SMILES string of the molecule is CSC[C@H](C(=O)OCC(=O)N[C@@H](C)c1ccco1)N1C(=O)c2ccccc2C1=O. The number of nitrogens with one attached hydrogen (secondary N) is 1. The first-order chi connectivity index (χ1) is 13.9. The Morgan fingerprint density at radius 3 is 2.34 bits per heavy atom. The van der Waals surface area contributed by atoms with E-state index in [1.165, 1.54) is 18.0 Å². The quantitative estimate of drug-likeness (QED) is 0.518. The molecule has 0 unspecified atom stereocenters. The van der Waals surface area contributed by atoms with Gasteiger partial charge in [-0.25, -0.2) is 4.79 Å². The second-order valence-corrected chi connectivity index (χ2v) is 7.32. The molecule has 0 radical (unpaired) electrons. The van der Waals surface area contributed by atoms with Gasteiger partial charge in [-0.05, 0) is 37.4 Å². The van der Waals surface area contributed by atoms with E-state index in [-0.39, 0.29) is 16.9 Å². The van der Waals surface area contributed by atoms with E-state index in [2.05, 4.69) is 5.32 Å². The van der Waals surface area contributed by atoms with Crippen LogP contribution in [0.2, 0.25) is 0 Å². The van der Waals surface area contributed by atoms with E-state index in [0.29, 0.717) is 5.76 Å². The number of carbonyl (C=O) groups is 4. The lowest BCUT2D eigenvalue weighted by Crippen LogP contribution is -2.48. The second kappa shape index (κ2) is 8.95. The van der Waals surface area contributed by atoms with Crippen LogP contribution in [0.15, 0.2) is 47.1 Å². The predicted molar refractivity (Wildman–Crippen MR) is 105 cm³/mol. The Kier molecular flexibility index (Phi) is 6.38. The highest BCUT2D eigenvalue weighted by atomic mass is 32.2. The molecule has 152 valence electrons. The van der Waals surface area contributed by atoms with Gasteiger partial charge in [-0.15, -0.1) is 0 Å². The van der Waals surface area contributed by atoms with E-state index in [4.69, 9.17) is 9.15 Å². The molecule has 1 aliphatic heterocycles. The summed E-state index contributed by atoms with van der Waals surface area (Å²) < 4.78 is 10.3. The second-order valence-electron chi connectivity index (χ2n) is 6.41. The minimum Gasteiger partial charge on any atom is -0.467 e. The molecular formula is C20H20N2O6S. The predicted octanol–water partition coefficient (Wildman–Crippen LogP) is 2.03. The summed E-state index contributed by atoms with van der Waals surface area (Å²) in [5.74, 6) is -1.69. The van der Waals surface area contributed by atoms with Gasteiger partial charge in [-0.2, -0.15) is 11.8 Å². The number of rotatable bonds is 8. The number of imide groups is 1. The Bertz CT molecular complexity index is 892. The Hall–Kier alpha value is -3.07. The largest absolute Gasteiger partial charge is 0.467 e. The molecular weight excluding hydrogens is 396 g/mol. The van der Waals surface area contributed by atoms with Crippen LogP contribution in [0.3, 0.4) is 0 Å². The molecule has 0 saturated carbocycles. The molecule has 0 spiro atoms. The van der Waals surface area contributed by atoms with Gasteiger partial charge in [0.25, 0.3) is 17.7 Å². The van der Waals surface area contributed by atoms with E-state index in [0.717, 1.165) is 4.90 Å². The number of fused-ring (bicyclic) bond motifs is 1. The first kappa shape index (κ1) is 20.7. The monoisotopic (exact) mass is 416 g/mol. The molecule has 9 heteroatoms. The number of benzene rings is 1. The van der Waals surface area contributed by atoms with Crippen molar-refractivity contribution in [2.45, 2.75) is 19.0 Å². The topological polar surface area (TPSA) is 106 Å². The summed E-state index contributed by atoms with van der Waals surface area (Å²) >= 11 is 1.29. The van der Waals surface area contributed by atoms with Crippen LogP contribution in [0.5, 0.6) is 0 Å². The number of ether oxygens (including phenoxy) is 1. The summed E-state index contributed by atoms with van der Waals surface area (Å²) in [6.07, 6.45) is 3.24. The van der Waals surface area contributed by atoms with E-state index in [9.17, 15) is 19.2 Å². The minimum atomic E-state index is -1.12. The van der Waals surface area contributed by atoms with E-state index in [1.807, 2.05) is 0 Å². The van der Waals surface area contributed by atoms with Crippen molar-refractivity contribution in [3.63, 3.8) is 0 Å². The zero-order chi connectivity index (χ0) is 21.0. The van der Waals surface area contributed by atoms with Gasteiger partial charge < -0.3 is 14.5 Å². The zero-order valence-corrected chi connectivity index (χ0v) is 16.7. The van der Waals surface area contributed by atoms with E-state index in [1.54, 1.807) is 49.6 Å². The smallest absolute Gasteiger partial charge is 0.330 e. The van der Waals surface area contributed by atoms with E-state index >= 15 is 0 Å². The first-order valence-electron chi connectivity index (χ1n) is 8.89. The fourth-order valence-corrected chi connectivity index (χ4v) is 3.62. The van der Waals surface area contributed by atoms with Crippen molar-refractivity contribution in [2.75, 3.05) is 18.6 Å². The van der Waals surface area contributed by atoms with Crippen molar-refractivity contribution in [1.82, 2.24) is 10.2 Å². The molecule has 0 saturated heterocycles. The molecule has 2 aromatic rings. The number of hydrogen-bond donors (Lipinski definition) is 1. The van der Waals surface area contributed by atoms with Crippen LogP contribution in [-0.4, -0.2) is 53.2 Å². The first-order valence-corrected chi connectivity index (χ1v) is 10.3. The molecule has 0 bridgehead atoms. The van der Waals surface area contributed by atoms with E-state index < -0.39 is 42.4 Å². The molecule has 3 amide bonds. The molecule has 0 aliphatic carbocycles. The highest BCUT2D eigenvalue weighted by Gasteiger charge is 2.43. The zero-order valence-electron chi connectivity index (χ0n) is 15.9. The molecule has 1 aromatic heterocycles. The number of furan rings is 1. The number of thioether (sulfide) groups is 1. The molecule has 3 rings (SSSR count). The maximum absolute atomic E-state index is 12.6. The standard InChI is InChI=1S/C20H20N2O6S/c1-12(16-8-5-9-27-16)21-17(23)10-28-20(26)15(11-29-2)22-18(24)13-6-3-4-7-14(13)19(22)25/h3-9,12,15H,10-11H2,1-2H3,(H,21,23)/t12-,15+/m0/s1. The highest BCUT2D eigenvalue weighted by molar-refractivity contribution is 7.98. The van der Waals surface area contributed by atoms with Crippen molar-refractivity contribution in [3.05, 3.63) is 59.5 Å². The van der Waals surface area contributed by atoms with Crippen LogP contribution < -0.4 is 5.32 Å². The number of esters is 1. The lowest BCUT2D eigenvalue weighted by atomic mass is 10.1. The van der Waals surface area contributed by atoms with Gasteiger partial charge in [0.2, 0.25) is 0 Å². The van der Waals surface area contributed by atoms with Gasteiger partial charge in [-0.1, -0.05) is 12.1 Å². The Morgan fingerprint density at radius 2 is 1.79 bits per heavy atom. The number of nitrogens with zero attached hydrogens (tertiary/aromatic N) is 1. The fraction of sp³-hybridized carbons (Fsp3) is 0.300. The van der Waals surface area contributed by atoms with Gasteiger partial charge in [-0.3, -0.25) is 19.3 Å². The maximum Gasteiger partial charge on any atom is 0.330 e. The average molecular weight is 416 g/mol. The van der Waals surface area contributed by atoms with Crippen LogP contribution in [0.25, 0.3) is 0 Å². The van der Waals surface area contributed by atoms with Gasteiger partial charge in [0.1, 0.15) is 11.8 Å². The normalized spacial score (nSPS) is 15.0. The van der Waals surface area contributed by atoms with Crippen molar-refractivity contribution in [1.29, 1.82) is 0 Å². The Balaban J connectivity index is 1.64. The van der Waals surface area contributed by atoms with Crippen molar-refractivity contribution in [2.24, 2.45) is 0 Å². The molecule has 8 nitrogen and oxygen atoms in total. The number of amides is 3. The van der Waals surface area contributed by atoms with Crippen molar-refractivity contribution in [3.8, 4) is 0 Å². The van der Waals surface area contributed by atoms with Gasteiger partial charge in [0.15, 0.2) is 6.61 Å².